The number of hydrogen-bond donors (Lipinski definition) is 1. The van der Waals surface area contributed by atoms with Crippen LogP contribution in [0.3, 0.4) is 0 Å². The second kappa shape index (κ2) is 5.48. The Labute approximate surface area is 124 Å². The molecule has 0 saturated carbocycles. The van der Waals surface area contributed by atoms with Gasteiger partial charge < -0.3 is 9.47 Å². The predicted molar refractivity (Wildman–Crippen MR) is 84.1 cm³/mol. The third-order valence-electron chi connectivity index (χ3n) is 3.47. The number of anilines is 1. The lowest BCUT2D eigenvalue weighted by atomic mass is 9.86. The number of hydrazone groups is 1. The Balaban J connectivity index is 1.74. The molecule has 0 aliphatic carbocycles. The van der Waals surface area contributed by atoms with E-state index >= 15 is 0 Å². The van der Waals surface area contributed by atoms with Gasteiger partial charge in [-0.05, 0) is 29.8 Å². The monoisotopic (exact) mass is 282 g/mol. The van der Waals surface area contributed by atoms with Crippen LogP contribution in [-0.4, -0.2) is 13.0 Å². The highest BCUT2D eigenvalue weighted by atomic mass is 16.7. The summed E-state index contributed by atoms with van der Waals surface area (Å²) in [5.74, 6) is 1.60. The van der Waals surface area contributed by atoms with Crippen molar-refractivity contribution in [3.63, 3.8) is 0 Å². The maximum Gasteiger partial charge on any atom is 0.231 e. The van der Waals surface area contributed by atoms with Gasteiger partial charge in [-0.3, -0.25) is 5.43 Å². The van der Waals surface area contributed by atoms with Crippen molar-refractivity contribution >= 4 is 11.9 Å². The highest BCUT2D eigenvalue weighted by Gasteiger charge is 2.22. The molecule has 0 spiro atoms. The normalized spacial score (nSPS) is 13.6. The first kappa shape index (κ1) is 13.5. The fourth-order valence-electron chi connectivity index (χ4n) is 2.15. The zero-order chi connectivity index (χ0) is 14.7. The van der Waals surface area contributed by atoms with Crippen molar-refractivity contribution in [1.82, 2.24) is 0 Å². The van der Waals surface area contributed by atoms with Gasteiger partial charge in [-0.25, -0.2) is 0 Å². The minimum absolute atomic E-state index is 0.206. The molecule has 1 N–H and O–H groups in total. The zero-order valence-corrected chi connectivity index (χ0v) is 12.2. The highest BCUT2D eigenvalue weighted by Crippen LogP contribution is 2.35. The van der Waals surface area contributed by atoms with Gasteiger partial charge in [-0.2, -0.15) is 5.10 Å². The van der Waals surface area contributed by atoms with E-state index in [1.54, 1.807) is 0 Å². The van der Waals surface area contributed by atoms with Crippen LogP contribution in [0.5, 0.6) is 11.5 Å². The fourth-order valence-corrected chi connectivity index (χ4v) is 2.15. The van der Waals surface area contributed by atoms with Crippen molar-refractivity contribution in [3.05, 3.63) is 54.1 Å². The lowest BCUT2D eigenvalue weighted by Gasteiger charge is -2.20. The fraction of sp³-hybridized carbons (Fsp3) is 0.235. The zero-order valence-electron chi connectivity index (χ0n) is 12.2. The van der Waals surface area contributed by atoms with Crippen LogP contribution in [0.1, 0.15) is 19.4 Å². The predicted octanol–water partition coefficient (Wildman–Crippen LogP) is 3.79. The molecule has 2 aromatic carbocycles. The van der Waals surface area contributed by atoms with Crippen LogP contribution in [0.2, 0.25) is 0 Å². The van der Waals surface area contributed by atoms with E-state index in [4.69, 9.17) is 9.47 Å². The second-order valence-electron chi connectivity index (χ2n) is 5.53. The highest BCUT2D eigenvalue weighted by molar-refractivity contribution is 5.74. The van der Waals surface area contributed by atoms with Crippen molar-refractivity contribution < 1.29 is 9.47 Å². The number of nitrogens with one attached hydrogen (secondary N) is 1. The van der Waals surface area contributed by atoms with Gasteiger partial charge in [0.2, 0.25) is 6.79 Å². The van der Waals surface area contributed by atoms with Crippen molar-refractivity contribution in [2.75, 3.05) is 12.2 Å². The molecule has 1 aliphatic rings. The maximum absolute atomic E-state index is 5.43. The van der Waals surface area contributed by atoms with Crippen LogP contribution in [0, 0.1) is 0 Å². The van der Waals surface area contributed by atoms with Gasteiger partial charge in [-0.15, -0.1) is 0 Å². The quantitative estimate of drug-likeness (QED) is 0.685. The molecule has 0 amide bonds. The Bertz CT molecular complexity index is 651. The van der Waals surface area contributed by atoms with Gasteiger partial charge in [0.05, 0.1) is 5.69 Å². The minimum Gasteiger partial charge on any atom is -0.454 e. The molecule has 4 nitrogen and oxygen atoms in total. The molecule has 0 bridgehead atoms. The summed E-state index contributed by atoms with van der Waals surface area (Å²) in [7, 11) is 0. The minimum atomic E-state index is -0.206. The van der Waals surface area contributed by atoms with E-state index in [1.165, 1.54) is 0 Å². The molecular weight excluding hydrogens is 264 g/mol. The molecule has 0 saturated heterocycles. The average Bonchev–Trinajstić information content (AvgIpc) is 2.95. The topological polar surface area (TPSA) is 42.9 Å². The molecule has 1 heterocycles. The van der Waals surface area contributed by atoms with E-state index < -0.39 is 0 Å². The first-order chi connectivity index (χ1) is 10.1. The Morgan fingerprint density at radius 1 is 1.05 bits per heavy atom. The molecule has 0 unspecified atom stereocenters. The van der Waals surface area contributed by atoms with Crippen molar-refractivity contribution in [2.45, 2.75) is 19.3 Å². The third-order valence-corrected chi connectivity index (χ3v) is 3.47. The molecular formula is C17H18N2O2. The number of rotatable bonds is 4. The average molecular weight is 282 g/mol. The maximum atomic E-state index is 5.43. The summed E-state index contributed by atoms with van der Waals surface area (Å²) in [5.41, 5.74) is 4.93. The van der Waals surface area contributed by atoms with E-state index in [0.29, 0.717) is 6.79 Å². The standard InChI is InChI=1S/C17H18N2O2/c1-17(2,11-18-19-14-6-4-3-5-7-14)13-8-9-15-16(10-13)21-12-20-15/h3-11,19H,12H2,1-2H3. The van der Waals surface area contributed by atoms with Gasteiger partial charge in [0.25, 0.3) is 0 Å². The Morgan fingerprint density at radius 2 is 1.81 bits per heavy atom. The summed E-state index contributed by atoms with van der Waals surface area (Å²) >= 11 is 0. The van der Waals surface area contributed by atoms with Gasteiger partial charge in [-0.1, -0.05) is 38.1 Å². The smallest absolute Gasteiger partial charge is 0.231 e. The summed E-state index contributed by atoms with van der Waals surface area (Å²) in [6.07, 6.45) is 1.90. The van der Waals surface area contributed by atoms with Crippen LogP contribution < -0.4 is 14.9 Å². The van der Waals surface area contributed by atoms with E-state index in [-0.39, 0.29) is 5.41 Å². The van der Waals surface area contributed by atoms with Gasteiger partial charge in [0.15, 0.2) is 11.5 Å². The Kier molecular flexibility index (Phi) is 3.52. The van der Waals surface area contributed by atoms with Crippen molar-refractivity contribution in [2.24, 2.45) is 5.10 Å². The molecule has 2 aromatic rings. The first-order valence-electron chi connectivity index (χ1n) is 6.90. The lowest BCUT2D eigenvalue weighted by Crippen LogP contribution is -2.19. The molecule has 0 fully saturated rings. The van der Waals surface area contributed by atoms with Crippen molar-refractivity contribution in [1.29, 1.82) is 0 Å². The lowest BCUT2D eigenvalue weighted by molar-refractivity contribution is 0.174. The van der Waals surface area contributed by atoms with Crippen LogP contribution in [0.15, 0.2) is 53.6 Å². The van der Waals surface area contributed by atoms with Crippen molar-refractivity contribution in [3.8, 4) is 11.5 Å². The number of fused-ring (bicyclic) bond motifs is 1. The van der Waals surface area contributed by atoms with Crippen LogP contribution in [-0.2, 0) is 5.41 Å². The van der Waals surface area contributed by atoms with Crippen LogP contribution >= 0.6 is 0 Å². The largest absolute Gasteiger partial charge is 0.454 e. The summed E-state index contributed by atoms with van der Waals surface area (Å²) in [6, 6.07) is 15.9. The van der Waals surface area contributed by atoms with Gasteiger partial charge >= 0.3 is 0 Å². The molecule has 0 atom stereocenters. The second-order valence-corrected chi connectivity index (χ2v) is 5.53. The Hall–Kier alpha value is -2.49. The molecule has 108 valence electrons. The SMILES string of the molecule is CC(C)(C=NNc1ccccc1)c1ccc2c(c1)OCO2. The summed E-state index contributed by atoms with van der Waals surface area (Å²) in [4.78, 5) is 0. The van der Waals surface area contributed by atoms with E-state index in [0.717, 1.165) is 22.7 Å². The number of ether oxygens (including phenoxy) is 2. The summed E-state index contributed by atoms with van der Waals surface area (Å²) in [5, 5.41) is 4.34. The van der Waals surface area contributed by atoms with Crippen LogP contribution in [0.4, 0.5) is 5.69 Å². The molecule has 21 heavy (non-hydrogen) atoms. The van der Waals surface area contributed by atoms with Gasteiger partial charge in [0.1, 0.15) is 0 Å². The molecule has 0 aromatic heterocycles. The summed E-state index contributed by atoms with van der Waals surface area (Å²) in [6.45, 7) is 4.52. The summed E-state index contributed by atoms with van der Waals surface area (Å²) < 4.78 is 10.8. The molecule has 1 aliphatic heterocycles. The molecule has 3 rings (SSSR count). The molecule has 4 heteroatoms. The molecule has 0 radical (unpaired) electrons. The Morgan fingerprint density at radius 3 is 2.62 bits per heavy atom. The number of nitrogens with zero attached hydrogens (tertiary/aromatic N) is 1. The van der Waals surface area contributed by atoms with E-state index in [1.807, 2.05) is 54.7 Å². The van der Waals surface area contributed by atoms with Gasteiger partial charge in [0, 0.05) is 11.6 Å². The number of hydrogen-bond acceptors (Lipinski definition) is 4. The number of benzene rings is 2. The number of para-hydroxylation sites is 1. The third kappa shape index (κ3) is 2.99. The van der Waals surface area contributed by atoms with E-state index in [2.05, 4.69) is 24.4 Å². The first-order valence-corrected chi connectivity index (χ1v) is 6.90. The van der Waals surface area contributed by atoms with E-state index in [9.17, 15) is 0 Å². The van der Waals surface area contributed by atoms with Crippen LogP contribution in [0.25, 0.3) is 0 Å².